The van der Waals surface area contributed by atoms with Crippen LogP contribution in [0.15, 0.2) is 0 Å². The standard InChI is InChI=1S/C12H27N3O3S/c1-6-15(19(5,17)18)9-7-8-13-10-12(16)14(4)11(2)3/h11,13H,6-10H2,1-5H3. The first-order valence-corrected chi connectivity index (χ1v) is 8.46. The summed E-state index contributed by atoms with van der Waals surface area (Å²) in [5, 5.41) is 3.04. The van der Waals surface area contributed by atoms with Gasteiger partial charge in [-0.05, 0) is 26.8 Å². The highest BCUT2D eigenvalue weighted by Crippen LogP contribution is 1.98. The van der Waals surface area contributed by atoms with Crippen molar-refractivity contribution in [3.05, 3.63) is 0 Å². The van der Waals surface area contributed by atoms with Crippen molar-refractivity contribution in [3.63, 3.8) is 0 Å². The molecule has 0 aliphatic carbocycles. The third-order valence-electron chi connectivity index (χ3n) is 3.03. The van der Waals surface area contributed by atoms with E-state index in [9.17, 15) is 13.2 Å². The zero-order valence-corrected chi connectivity index (χ0v) is 13.5. The van der Waals surface area contributed by atoms with Gasteiger partial charge >= 0.3 is 0 Å². The molecule has 0 aromatic heterocycles. The SMILES string of the molecule is CCN(CCCNCC(=O)N(C)C(C)C)S(C)(=O)=O. The smallest absolute Gasteiger partial charge is 0.236 e. The van der Waals surface area contributed by atoms with Crippen LogP contribution >= 0.6 is 0 Å². The summed E-state index contributed by atoms with van der Waals surface area (Å²) in [5.74, 6) is 0.0467. The molecule has 0 aromatic carbocycles. The second kappa shape index (κ2) is 8.50. The Morgan fingerprint density at radius 3 is 2.32 bits per heavy atom. The zero-order chi connectivity index (χ0) is 15.1. The Labute approximate surface area is 117 Å². The van der Waals surface area contributed by atoms with Crippen molar-refractivity contribution in [1.29, 1.82) is 0 Å². The van der Waals surface area contributed by atoms with Crippen molar-refractivity contribution < 1.29 is 13.2 Å². The summed E-state index contributed by atoms with van der Waals surface area (Å²) in [7, 11) is -1.34. The quantitative estimate of drug-likeness (QED) is 0.613. The molecular formula is C12H27N3O3S. The lowest BCUT2D eigenvalue weighted by Crippen LogP contribution is -2.40. The lowest BCUT2D eigenvalue weighted by atomic mass is 10.3. The molecule has 7 heteroatoms. The van der Waals surface area contributed by atoms with Gasteiger partial charge in [-0.25, -0.2) is 12.7 Å². The van der Waals surface area contributed by atoms with Crippen LogP contribution in [0.5, 0.6) is 0 Å². The molecule has 1 amide bonds. The van der Waals surface area contributed by atoms with E-state index < -0.39 is 10.0 Å². The molecule has 0 fully saturated rings. The minimum Gasteiger partial charge on any atom is -0.342 e. The van der Waals surface area contributed by atoms with Crippen LogP contribution in [0.1, 0.15) is 27.2 Å². The predicted molar refractivity (Wildman–Crippen MR) is 77.5 cm³/mol. The first-order chi connectivity index (χ1) is 8.70. The lowest BCUT2D eigenvalue weighted by Gasteiger charge is -2.22. The fourth-order valence-electron chi connectivity index (χ4n) is 1.55. The van der Waals surface area contributed by atoms with E-state index in [1.54, 1.807) is 11.9 Å². The summed E-state index contributed by atoms with van der Waals surface area (Å²) in [4.78, 5) is 13.3. The highest BCUT2D eigenvalue weighted by Gasteiger charge is 2.14. The number of amides is 1. The average molecular weight is 293 g/mol. The Morgan fingerprint density at radius 2 is 1.89 bits per heavy atom. The average Bonchev–Trinajstić information content (AvgIpc) is 2.30. The number of rotatable bonds is 9. The molecule has 114 valence electrons. The van der Waals surface area contributed by atoms with Crippen molar-refractivity contribution in [2.45, 2.75) is 33.2 Å². The van der Waals surface area contributed by atoms with E-state index in [4.69, 9.17) is 0 Å². The van der Waals surface area contributed by atoms with Crippen molar-refractivity contribution in [1.82, 2.24) is 14.5 Å². The number of carbonyl (C=O) groups excluding carboxylic acids is 1. The molecule has 0 aliphatic heterocycles. The molecular weight excluding hydrogens is 266 g/mol. The molecule has 0 atom stereocenters. The molecule has 0 spiro atoms. The summed E-state index contributed by atoms with van der Waals surface area (Å²) in [6.07, 6.45) is 1.91. The molecule has 0 aromatic rings. The second-order valence-electron chi connectivity index (χ2n) is 4.88. The summed E-state index contributed by atoms with van der Waals surface area (Å²) >= 11 is 0. The summed E-state index contributed by atoms with van der Waals surface area (Å²) in [6, 6.07) is 0.190. The number of nitrogens with zero attached hydrogens (tertiary/aromatic N) is 2. The molecule has 0 saturated heterocycles. The normalized spacial score (nSPS) is 12.2. The fourth-order valence-corrected chi connectivity index (χ4v) is 2.48. The van der Waals surface area contributed by atoms with Gasteiger partial charge in [0, 0.05) is 26.2 Å². The van der Waals surface area contributed by atoms with Gasteiger partial charge in [-0.2, -0.15) is 0 Å². The maximum Gasteiger partial charge on any atom is 0.236 e. The molecule has 0 bridgehead atoms. The van der Waals surface area contributed by atoms with Gasteiger partial charge in [0.25, 0.3) is 0 Å². The van der Waals surface area contributed by atoms with E-state index in [0.717, 1.165) is 0 Å². The molecule has 0 rings (SSSR count). The van der Waals surface area contributed by atoms with E-state index in [1.165, 1.54) is 10.6 Å². The van der Waals surface area contributed by atoms with Gasteiger partial charge in [0.2, 0.25) is 15.9 Å². The molecule has 1 N–H and O–H groups in total. The number of sulfonamides is 1. The minimum atomic E-state index is -3.11. The van der Waals surface area contributed by atoms with Crippen molar-refractivity contribution in [2.24, 2.45) is 0 Å². The van der Waals surface area contributed by atoms with Crippen LogP contribution < -0.4 is 5.32 Å². The molecule has 0 radical (unpaired) electrons. The van der Waals surface area contributed by atoms with Gasteiger partial charge in [0.05, 0.1) is 12.8 Å². The van der Waals surface area contributed by atoms with Gasteiger partial charge < -0.3 is 10.2 Å². The first kappa shape index (κ1) is 18.3. The lowest BCUT2D eigenvalue weighted by molar-refractivity contribution is -0.130. The van der Waals surface area contributed by atoms with Gasteiger partial charge in [0.15, 0.2) is 0 Å². The van der Waals surface area contributed by atoms with Gasteiger partial charge in [0.1, 0.15) is 0 Å². The van der Waals surface area contributed by atoms with Crippen molar-refractivity contribution >= 4 is 15.9 Å². The Morgan fingerprint density at radius 1 is 1.32 bits per heavy atom. The summed E-state index contributed by atoms with van der Waals surface area (Å²) in [6.45, 7) is 7.62. The van der Waals surface area contributed by atoms with Crippen LogP contribution in [-0.2, 0) is 14.8 Å². The van der Waals surface area contributed by atoms with Crippen LogP contribution in [0, 0.1) is 0 Å². The maximum atomic E-state index is 11.7. The van der Waals surface area contributed by atoms with Crippen LogP contribution in [-0.4, -0.2) is 69.1 Å². The Balaban J connectivity index is 3.85. The zero-order valence-electron chi connectivity index (χ0n) is 12.6. The highest BCUT2D eigenvalue weighted by atomic mass is 32.2. The van der Waals surface area contributed by atoms with E-state index in [1.807, 2.05) is 20.8 Å². The second-order valence-corrected chi connectivity index (χ2v) is 6.87. The Kier molecular flexibility index (Phi) is 8.20. The molecule has 0 heterocycles. The van der Waals surface area contributed by atoms with Gasteiger partial charge in [-0.15, -0.1) is 0 Å². The summed E-state index contributed by atoms with van der Waals surface area (Å²) < 4.78 is 24.1. The number of likely N-dealkylation sites (N-methyl/N-ethyl adjacent to an activating group) is 1. The van der Waals surface area contributed by atoms with E-state index in [-0.39, 0.29) is 11.9 Å². The summed E-state index contributed by atoms with van der Waals surface area (Å²) in [5.41, 5.74) is 0. The maximum absolute atomic E-state index is 11.7. The van der Waals surface area contributed by atoms with E-state index in [2.05, 4.69) is 5.32 Å². The van der Waals surface area contributed by atoms with Crippen molar-refractivity contribution in [2.75, 3.05) is 39.5 Å². The van der Waals surface area contributed by atoms with Crippen LogP contribution in [0.4, 0.5) is 0 Å². The molecule has 0 aliphatic rings. The first-order valence-electron chi connectivity index (χ1n) is 6.61. The molecule has 0 saturated carbocycles. The molecule has 6 nitrogen and oxygen atoms in total. The number of carbonyl (C=O) groups is 1. The minimum absolute atomic E-state index is 0.0467. The number of nitrogens with one attached hydrogen (secondary N) is 1. The fraction of sp³-hybridized carbons (Fsp3) is 0.917. The largest absolute Gasteiger partial charge is 0.342 e. The molecule has 19 heavy (non-hydrogen) atoms. The van der Waals surface area contributed by atoms with Gasteiger partial charge in [-0.3, -0.25) is 4.79 Å². The Bertz CT molecular complexity index is 368. The van der Waals surface area contributed by atoms with Crippen LogP contribution in [0.2, 0.25) is 0 Å². The molecule has 0 unspecified atom stereocenters. The predicted octanol–water partition coefficient (Wildman–Crippen LogP) is 0.114. The van der Waals surface area contributed by atoms with Crippen LogP contribution in [0.3, 0.4) is 0 Å². The third-order valence-corrected chi connectivity index (χ3v) is 4.41. The van der Waals surface area contributed by atoms with E-state index >= 15 is 0 Å². The van der Waals surface area contributed by atoms with Crippen LogP contribution in [0.25, 0.3) is 0 Å². The highest BCUT2D eigenvalue weighted by molar-refractivity contribution is 7.88. The van der Waals surface area contributed by atoms with Gasteiger partial charge in [-0.1, -0.05) is 6.92 Å². The Hall–Kier alpha value is -0.660. The monoisotopic (exact) mass is 293 g/mol. The third kappa shape index (κ3) is 7.49. The van der Waals surface area contributed by atoms with Crippen molar-refractivity contribution in [3.8, 4) is 0 Å². The topological polar surface area (TPSA) is 69.7 Å². The van der Waals surface area contributed by atoms with E-state index in [0.29, 0.717) is 32.6 Å². The number of hydrogen-bond acceptors (Lipinski definition) is 4. The number of hydrogen-bond donors (Lipinski definition) is 1.